The molecule has 0 bridgehead atoms. The molecule has 1 atom stereocenters. The van der Waals surface area contributed by atoms with Crippen LogP contribution in [0, 0.1) is 17.8 Å². The second kappa shape index (κ2) is 5.75. The molecule has 1 unspecified atom stereocenters. The summed E-state index contributed by atoms with van der Waals surface area (Å²) in [6.45, 7) is 13.3. The lowest BCUT2D eigenvalue weighted by Crippen LogP contribution is -2.36. The van der Waals surface area contributed by atoms with Crippen LogP contribution >= 0.6 is 0 Å². The van der Waals surface area contributed by atoms with Gasteiger partial charge in [-0.3, -0.25) is 0 Å². The van der Waals surface area contributed by atoms with Crippen LogP contribution in [0.2, 0.25) is 0 Å². The lowest BCUT2D eigenvalue weighted by molar-refractivity contribution is 0.127. The molecule has 0 spiro atoms. The van der Waals surface area contributed by atoms with E-state index in [1.807, 2.05) is 0 Å². The number of piperidine rings is 1. The average molecular weight is 197 g/mol. The maximum Gasteiger partial charge on any atom is -0.00161 e. The number of likely N-dealkylation sites (tertiary alicyclic amines) is 1. The number of hydrogen-bond donors (Lipinski definition) is 0. The average Bonchev–Trinajstić information content (AvgIpc) is 2.19. The molecular weight excluding hydrogens is 170 g/mol. The van der Waals surface area contributed by atoms with E-state index in [1.54, 1.807) is 0 Å². The van der Waals surface area contributed by atoms with Gasteiger partial charge in [-0.15, -0.1) is 0 Å². The van der Waals surface area contributed by atoms with Gasteiger partial charge in [0.2, 0.25) is 0 Å². The highest BCUT2D eigenvalue weighted by Crippen LogP contribution is 2.32. The van der Waals surface area contributed by atoms with E-state index in [4.69, 9.17) is 0 Å². The fraction of sp³-hybridized carbons (Fsp3) is 1.00. The molecule has 1 aliphatic rings. The van der Waals surface area contributed by atoms with Crippen molar-refractivity contribution in [3.8, 4) is 0 Å². The Bertz CT molecular complexity index is 145. The van der Waals surface area contributed by atoms with Crippen LogP contribution in [0.4, 0.5) is 0 Å². The topological polar surface area (TPSA) is 3.24 Å². The largest absolute Gasteiger partial charge is 0.304 e. The van der Waals surface area contributed by atoms with E-state index in [-0.39, 0.29) is 0 Å². The summed E-state index contributed by atoms with van der Waals surface area (Å²) in [4.78, 5) is 2.59. The molecule has 0 aromatic rings. The maximum atomic E-state index is 2.59. The molecule has 0 N–H and O–H groups in total. The van der Waals surface area contributed by atoms with Gasteiger partial charge in [0.1, 0.15) is 0 Å². The summed E-state index contributed by atoms with van der Waals surface area (Å²) in [5.41, 5.74) is 0. The van der Waals surface area contributed by atoms with Gasteiger partial charge in [-0.2, -0.15) is 0 Å². The van der Waals surface area contributed by atoms with Gasteiger partial charge in [-0.1, -0.05) is 34.1 Å². The Morgan fingerprint density at radius 1 is 1.14 bits per heavy atom. The standard InChI is InChI=1S/C13H27N/c1-5-13(11(3)4)12-7-9-14(6-2)10-8-12/h11-13H,5-10H2,1-4H3. The Morgan fingerprint density at radius 2 is 1.71 bits per heavy atom. The number of nitrogens with zero attached hydrogens (tertiary/aromatic N) is 1. The molecule has 1 aliphatic heterocycles. The van der Waals surface area contributed by atoms with Crippen LogP contribution < -0.4 is 0 Å². The van der Waals surface area contributed by atoms with Gasteiger partial charge in [0.15, 0.2) is 0 Å². The van der Waals surface area contributed by atoms with Gasteiger partial charge in [0.05, 0.1) is 0 Å². The number of rotatable bonds is 4. The van der Waals surface area contributed by atoms with Crippen LogP contribution in [0.5, 0.6) is 0 Å². The van der Waals surface area contributed by atoms with Gasteiger partial charge in [0, 0.05) is 0 Å². The zero-order valence-electron chi connectivity index (χ0n) is 10.4. The molecule has 1 rings (SSSR count). The van der Waals surface area contributed by atoms with Crippen LogP contribution in [0.1, 0.15) is 47.0 Å². The fourth-order valence-electron chi connectivity index (χ4n) is 3.05. The van der Waals surface area contributed by atoms with Crippen LogP contribution in [0.25, 0.3) is 0 Å². The first kappa shape index (κ1) is 12.0. The quantitative estimate of drug-likeness (QED) is 0.667. The van der Waals surface area contributed by atoms with Crippen molar-refractivity contribution < 1.29 is 0 Å². The summed E-state index contributed by atoms with van der Waals surface area (Å²) >= 11 is 0. The van der Waals surface area contributed by atoms with E-state index in [0.717, 1.165) is 17.8 Å². The predicted octanol–water partition coefficient (Wildman–Crippen LogP) is 3.40. The molecule has 0 saturated carbocycles. The van der Waals surface area contributed by atoms with Gasteiger partial charge in [-0.25, -0.2) is 0 Å². The summed E-state index contributed by atoms with van der Waals surface area (Å²) in [6, 6.07) is 0. The molecule has 1 heterocycles. The molecule has 1 nitrogen and oxygen atoms in total. The summed E-state index contributed by atoms with van der Waals surface area (Å²) in [6.07, 6.45) is 4.24. The first-order chi connectivity index (χ1) is 6.69. The van der Waals surface area contributed by atoms with E-state index in [1.165, 1.54) is 38.9 Å². The first-order valence-electron chi connectivity index (χ1n) is 6.41. The highest BCUT2D eigenvalue weighted by molar-refractivity contribution is 4.78. The highest BCUT2D eigenvalue weighted by Gasteiger charge is 2.26. The van der Waals surface area contributed by atoms with E-state index in [2.05, 4.69) is 32.6 Å². The molecule has 0 aromatic heterocycles. The molecule has 1 heteroatoms. The van der Waals surface area contributed by atoms with Crippen molar-refractivity contribution in [3.05, 3.63) is 0 Å². The Labute approximate surface area is 89.9 Å². The second-order valence-electron chi connectivity index (χ2n) is 5.09. The minimum Gasteiger partial charge on any atom is -0.304 e. The summed E-state index contributed by atoms with van der Waals surface area (Å²) in [5, 5.41) is 0. The molecular formula is C13H27N. The number of hydrogen-bond acceptors (Lipinski definition) is 1. The van der Waals surface area contributed by atoms with Crippen molar-refractivity contribution in [1.82, 2.24) is 4.90 Å². The lowest BCUT2D eigenvalue weighted by Gasteiger charge is -2.37. The predicted molar refractivity (Wildman–Crippen MR) is 63.5 cm³/mol. The van der Waals surface area contributed by atoms with E-state index in [9.17, 15) is 0 Å². The summed E-state index contributed by atoms with van der Waals surface area (Å²) in [5.74, 6) is 2.84. The third-order valence-electron chi connectivity index (χ3n) is 4.01. The van der Waals surface area contributed by atoms with Crippen molar-refractivity contribution in [3.63, 3.8) is 0 Å². The van der Waals surface area contributed by atoms with Gasteiger partial charge < -0.3 is 4.90 Å². The monoisotopic (exact) mass is 197 g/mol. The molecule has 1 saturated heterocycles. The Balaban J connectivity index is 2.39. The smallest absolute Gasteiger partial charge is 0.00161 e. The second-order valence-corrected chi connectivity index (χ2v) is 5.09. The SMILES string of the molecule is CCC(C(C)C)C1CCN(CC)CC1. The van der Waals surface area contributed by atoms with Crippen LogP contribution in [0.3, 0.4) is 0 Å². The van der Waals surface area contributed by atoms with Gasteiger partial charge >= 0.3 is 0 Å². The molecule has 0 amide bonds. The van der Waals surface area contributed by atoms with E-state index >= 15 is 0 Å². The molecule has 14 heavy (non-hydrogen) atoms. The molecule has 84 valence electrons. The van der Waals surface area contributed by atoms with Gasteiger partial charge in [0.25, 0.3) is 0 Å². The molecule has 1 fully saturated rings. The van der Waals surface area contributed by atoms with E-state index < -0.39 is 0 Å². The van der Waals surface area contributed by atoms with Crippen molar-refractivity contribution in [2.45, 2.75) is 47.0 Å². The van der Waals surface area contributed by atoms with E-state index in [0.29, 0.717) is 0 Å². The molecule has 0 aromatic carbocycles. The van der Waals surface area contributed by atoms with Crippen LogP contribution in [0.15, 0.2) is 0 Å². The van der Waals surface area contributed by atoms with Crippen LogP contribution in [-0.2, 0) is 0 Å². The lowest BCUT2D eigenvalue weighted by atomic mass is 9.76. The minimum absolute atomic E-state index is 0.873. The third kappa shape index (κ3) is 2.98. The Kier molecular flexibility index (Phi) is 4.94. The summed E-state index contributed by atoms with van der Waals surface area (Å²) in [7, 11) is 0. The van der Waals surface area contributed by atoms with Crippen LogP contribution in [-0.4, -0.2) is 24.5 Å². The molecule has 0 radical (unpaired) electrons. The van der Waals surface area contributed by atoms with Crippen molar-refractivity contribution >= 4 is 0 Å². The maximum absolute atomic E-state index is 2.59. The van der Waals surface area contributed by atoms with Crippen molar-refractivity contribution in [1.29, 1.82) is 0 Å². The molecule has 0 aliphatic carbocycles. The Hall–Kier alpha value is -0.0400. The fourth-order valence-corrected chi connectivity index (χ4v) is 3.05. The highest BCUT2D eigenvalue weighted by atomic mass is 15.1. The summed E-state index contributed by atoms with van der Waals surface area (Å²) < 4.78 is 0. The Morgan fingerprint density at radius 3 is 2.07 bits per heavy atom. The normalized spacial score (nSPS) is 22.9. The van der Waals surface area contributed by atoms with Crippen molar-refractivity contribution in [2.24, 2.45) is 17.8 Å². The zero-order chi connectivity index (χ0) is 10.6. The third-order valence-corrected chi connectivity index (χ3v) is 4.01. The first-order valence-corrected chi connectivity index (χ1v) is 6.41. The van der Waals surface area contributed by atoms with Gasteiger partial charge in [-0.05, 0) is 50.2 Å². The van der Waals surface area contributed by atoms with Crippen molar-refractivity contribution in [2.75, 3.05) is 19.6 Å². The minimum atomic E-state index is 0.873. The zero-order valence-corrected chi connectivity index (χ0v) is 10.4.